The number of aromatic nitrogens is 5. The molecule has 0 unspecified atom stereocenters. The highest BCUT2D eigenvalue weighted by Crippen LogP contribution is 2.44. The van der Waals surface area contributed by atoms with Gasteiger partial charge in [-0.2, -0.15) is 10.5 Å². The third-order valence-corrected chi connectivity index (χ3v) is 13.3. The van der Waals surface area contributed by atoms with E-state index >= 15 is 0 Å². The van der Waals surface area contributed by atoms with E-state index in [2.05, 4.69) is 86.9 Å². The van der Waals surface area contributed by atoms with Crippen molar-refractivity contribution in [3.05, 3.63) is 199 Å². The van der Waals surface area contributed by atoms with Crippen molar-refractivity contribution in [2.75, 3.05) is 0 Å². The normalized spacial score (nSPS) is 11.8. The largest absolute Gasteiger partial charge is 0.456 e. The molecule has 0 bridgehead atoms. The van der Waals surface area contributed by atoms with Gasteiger partial charge in [-0.15, -0.1) is 0 Å². The van der Waals surface area contributed by atoms with Gasteiger partial charge in [0.15, 0.2) is 5.82 Å². The second-order valence-electron chi connectivity index (χ2n) is 17.0. The molecule has 0 saturated carbocycles. The summed E-state index contributed by atoms with van der Waals surface area (Å²) < 4.78 is 17.2. The van der Waals surface area contributed by atoms with Crippen LogP contribution in [0.5, 0.6) is 0 Å². The minimum absolute atomic E-state index is 0.435. The second kappa shape index (κ2) is 14.3. The molecule has 0 spiro atoms. The van der Waals surface area contributed by atoms with Crippen LogP contribution in [0.25, 0.3) is 133 Å². The fourth-order valence-corrected chi connectivity index (χ4v) is 10.4. The third-order valence-electron chi connectivity index (χ3n) is 13.3. The lowest BCUT2D eigenvalue weighted by Gasteiger charge is -2.18. The molecule has 0 radical (unpaired) electrons. The van der Waals surface area contributed by atoms with Gasteiger partial charge in [0, 0.05) is 84.3 Å². The summed E-state index contributed by atoms with van der Waals surface area (Å²) >= 11 is 0. The molecular formula is C59H31N7O2. The van der Waals surface area contributed by atoms with Crippen molar-refractivity contribution in [2.45, 2.75) is 0 Å². The first kappa shape index (κ1) is 37.5. The van der Waals surface area contributed by atoms with Gasteiger partial charge >= 0.3 is 0 Å². The van der Waals surface area contributed by atoms with Crippen molar-refractivity contribution in [2.24, 2.45) is 0 Å². The van der Waals surface area contributed by atoms with Crippen molar-refractivity contribution in [1.82, 2.24) is 24.1 Å². The molecular weight excluding hydrogens is 839 g/mol. The maximum absolute atomic E-state index is 11.0. The van der Waals surface area contributed by atoms with Gasteiger partial charge < -0.3 is 18.0 Å². The summed E-state index contributed by atoms with van der Waals surface area (Å²) in [6, 6.07) is 63.6. The van der Waals surface area contributed by atoms with Gasteiger partial charge in [0.2, 0.25) is 0 Å². The van der Waals surface area contributed by atoms with Gasteiger partial charge in [0.1, 0.15) is 34.5 Å². The summed E-state index contributed by atoms with van der Waals surface area (Å²) in [5, 5.41) is 30.2. The van der Waals surface area contributed by atoms with E-state index in [9.17, 15) is 10.5 Å². The number of pyridine rings is 1. The summed E-state index contributed by atoms with van der Waals surface area (Å²) in [6.45, 7) is 0. The average molecular weight is 870 g/mol. The Morgan fingerprint density at radius 3 is 1.37 bits per heavy atom. The molecule has 0 aliphatic rings. The summed E-state index contributed by atoms with van der Waals surface area (Å²) in [4.78, 5) is 15.1. The Hall–Kier alpha value is -9.83. The topological polar surface area (TPSA) is 122 Å². The molecule has 6 aromatic heterocycles. The fraction of sp³-hybridized carbons (Fsp3) is 0. The summed E-state index contributed by atoms with van der Waals surface area (Å²) in [6.07, 6.45) is 3.47. The highest BCUT2D eigenvalue weighted by molar-refractivity contribution is 6.19. The van der Waals surface area contributed by atoms with E-state index in [0.29, 0.717) is 56.4 Å². The third kappa shape index (κ3) is 5.39. The van der Waals surface area contributed by atoms with E-state index in [1.54, 1.807) is 12.4 Å². The first-order valence-electron chi connectivity index (χ1n) is 22.2. The Morgan fingerprint density at radius 2 is 0.882 bits per heavy atom. The maximum Gasteiger partial charge on any atom is 0.161 e. The van der Waals surface area contributed by atoms with Crippen LogP contribution < -0.4 is 0 Å². The lowest BCUT2D eigenvalue weighted by atomic mass is 9.99. The minimum Gasteiger partial charge on any atom is -0.456 e. The molecule has 8 aromatic carbocycles. The van der Waals surface area contributed by atoms with Crippen molar-refractivity contribution in [3.8, 4) is 57.4 Å². The Kier molecular flexibility index (Phi) is 7.91. The highest BCUT2D eigenvalue weighted by Gasteiger charge is 2.25. The van der Waals surface area contributed by atoms with E-state index in [1.165, 1.54) is 0 Å². The molecule has 0 aliphatic carbocycles. The van der Waals surface area contributed by atoms with Crippen molar-refractivity contribution in [3.63, 3.8) is 0 Å². The van der Waals surface area contributed by atoms with Gasteiger partial charge in [0.05, 0.1) is 56.0 Å². The number of furan rings is 2. The van der Waals surface area contributed by atoms with Crippen LogP contribution in [0.15, 0.2) is 197 Å². The van der Waals surface area contributed by atoms with Crippen LogP contribution in [-0.2, 0) is 0 Å². The van der Waals surface area contributed by atoms with Crippen LogP contribution in [0.3, 0.4) is 0 Å². The number of hydrogen-bond acceptors (Lipinski definition) is 7. The number of benzene rings is 8. The summed E-state index contributed by atoms with van der Waals surface area (Å²) in [5.41, 5.74) is 12.3. The Balaban J connectivity index is 1.06. The number of nitrogens with zero attached hydrogens (tertiary/aromatic N) is 7. The van der Waals surface area contributed by atoms with E-state index in [0.717, 1.165) is 87.5 Å². The van der Waals surface area contributed by atoms with Crippen LogP contribution in [0.1, 0.15) is 11.1 Å². The zero-order valence-electron chi connectivity index (χ0n) is 35.8. The van der Waals surface area contributed by atoms with Crippen LogP contribution in [0.4, 0.5) is 0 Å². The molecule has 0 fully saturated rings. The van der Waals surface area contributed by atoms with Gasteiger partial charge in [-0.1, -0.05) is 97.1 Å². The van der Waals surface area contributed by atoms with Crippen molar-refractivity contribution in [1.29, 1.82) is 10.5 Å². The average Bonchev–Trinajstić information content (AvgIpc) is 4.14. The number of hydrogen-bond donors (Lipinski definition) is 0. The predicted molar refractivity (Wildman–Crippen MR) is 269 cm³/mol. The van der Waals surface area contributed by atoms with E-state index < -0.39 is 0 Å². The molecule has 0 atom stereocenters. The van der Waals surface area contributed by atoms with Crippen molar-refractivity contribution < 1.29 is 8.83 Å². The van der Waals surface area contributed by atoms with E-state index in [1.807, 2.05) is 115 Å². The second-order valence-corrected chi connectivity index (χ2v) is 17.0. The molecule has 9 heteroatoms. The maximum atomic E-state index is 11.0. The Morgan fingerprint density at radius 1 is 0.397 bits per heavy atom. The molecule has 68 heavy (non-hydrogen) atoms. The van der Waals surface area contributed by atoms with E-state index in [4.69, 9.17) is 18.8 Å². The fourth-order valence-electron chi connectivity index (χ4n) is 10.4. The molecule has 0 aliphatic heterocycles. The molecule has 14 rings (SSSR count). The predicted octanol–water partition coefficient (Wildman–Crippen LogP) is 14.6. The number of para-hydroxylation sites is 6. The zero-order chi connectivity index (χ0) is 45.0. The number of rotatable bonds is 5. The van der Waals surface area contributed by atoms with Crippen LogP contribution in [-0.4, -0.2) is 24.1 Å². The van der Waals surface area contributed by atoms with Gasteiger partial charge in [-0.05, 0) is 66.7 Å². The van der Waals surface area contributed by atoms with E-state index in [-0.39, 0.29) is 0 Å². The molecule has 6 heterocycles. The summed E-state index contributed by atoms with van der Waals surface area (Å²) in [7, 11) is 0. The van der Waals surface area contributed by atoms with Gasteiger partial charge in [-0.25, -0.2) is 9.97 Å². The standard InChI is InChI=1S/C59H31N7O2/c60-31-34-12-9-19-41(57(34)65-49-21-5-1-15-37(49)43-26-45-39-17-3-7-23-53(39)67-55(45)29-51(43)65)47-28-48(64-59(63-47)36-14-11-25-62-33-36)42-20-10-13-35(32-61)58(42)66-50-22-6-2-16-38(50)44-27-46-40-18-4-8-24-54(40)68-56(46)30-52(44)66/h1-30,33H. The monoisotopic (exact) mass is 869 g/mol. The molecule has 314 valence electrons. The molecule has 0 N–H and O–H groups in total. The minimum atomic E-state index is 0.435. The summed E-state index contributed by atoms with van der Waals surface area (Å²) in [5.74, 6) is 0.435. The number of nitriles is 2. The molecule has 0 saturated heterocycles. The molecule has 9 nitrogen and oxygen atoms in total. The lowest BCUT2D eigenvalue weighted by Crippen LogP contribution is -2.05. The lowest BCUT2D eigenvalue weighted by molar-refractivity contribution is 0.669. The number of fused-ring (bicyclic) bond motifs is 12. The van der Waals surface area contributed by atoms with Crippen LogP contribution in [0.2, 0.25) is 0 Å². The first-order valence-corrected chi connectivity index (χ1v) is 22.2. The van der Waals surface area contributed by atoms with Crippen LogP contribution in [0, 0.1) is 22.7 Å². The quantitative estimate of drug-likeness (QED) is 0.169. The first-order chi connectivity index (χ1) is 33.6. The Bertz CT molecular complexity index is 4270. The smallest absolute Gasteiger partial charge is 0.161 e. The van der Waals surface area contributed by atoms with Crippen LogP contribution >= 0.6 is 0 Å². The van der Waals surface area contributed by atoms with Gasteiger partial charge in [-0.3, -0.25) is 4.98 Å². The zero-order valence-corrected chi connectivity index (χ0v) is 35.8. The molecule has 0 amide bonds. The Labute approximate surface area is 386 Å². The highest BCUT2D eigenvalue weighted by atomic mass is 16.3. The van der Waals surface area contributed by atoms with Crippen molar-refractivity contribution >= 4 is 87.5 Å². The van der Waals surface area contributed by atoms with Gasteiger partial charge in [0.25, 0.3) is 0 Å². The SMILES string of the molecule is N#Cc1cccc(-c2cc(-c3cccc(C#N)c3-n3c4ccccc4c4cc5c(cc43)oc3ccccc35)nc(-c3cccnc3)n2)c1-n1c2ccccc2c2cc3c(cc21)oc1ccccc13. The molecule has 14 aromatic rings.